The summed E-state index contributed by atoms with van der Waals surface area (Å²) in [6.07, 6.45) is 4.14. The third kappa shape index (κ3) is 2.30. The highest BCUT2D eigenvalue weighted by molar-refractivity contribution is 5.62. The van der Waals surface area contributed by atoms with Gasteiger partial charge in [0.1, 0.15) is 0 Å². The van der Waals surface area contributed by atoms with Crippen molar-refractivity contribution in [3.8, 4) is 0 Å². The molecule has 19 heavy (non-hydrogen) atoms. The molecule has 2 heterocycles. The van der Waals surface area contributed by atoms with E-state index in [2.05, 4.69) is 47.1 Å². The van der Waals surface area contributed by atoms with Crippen LogP contribution in [0.2, 0.25) is 0 Å². The van der Waals surface area contributed by atoms with E-state index < -0.39 is 0 Å². The van der Waals surface area contributed by atoms with Gasteiger partial charge in [0.15, 0.2) is 0 Å². The maximum Gasteiger partial charge on any atom is 0.0853 e. The molecule has 2 N–H and O–H groups in total. The third-order valence-electron chi connectivity index (χ3n) is 3.64. The molecular formula is C15H20N4. The molecule has 0 radical (unpaired) electrons. The van der Waals surface area contributed by atoms with Gasteiger partial charge < -0.3 is 10.6 Å². The van der Waals surface area contributed by atoms with E-state index in [1.54, 1.807) is 0 Å². The number of rotatable bonds is 4. The summed E-state index contributed by atoms with van der Waals surface area (Å²) in [6, 6.07) is 6.54. The fourth-order valence-electron chi connectivity index (χ4n) is 2.69. The van der Waals surface area contributed by atoms with E-state index in [9.17, 15) is 0 Å². The van der Waals surface area contributed by atoms with Crippen molar-refractivity contribution in [3.63, 3.8) is 0 Å². The summed E-state index contributed by atoms with van der Waals surface area (Å²) in [5.41, 5.74) is 6.35. The Kier molecular flexibility index (Phi) is 3.15. The second kappa shape index (κ2) is 4.96. The summed E-state index contributed by atoms with van der Waals surface area (Å²) >= 11 is 0. The van der Waals surface area contributed by atoms with E-state index in [4.69, 9.17) is 0 Å². The predicted molar refractivity (Wildman–Crippen MR) is 78.5 cm³/mol. The molecule has 0 amide bonds. The minimum Gasteiger partial charge on any atom is -0.384 e. The van der Waals surface area contributed by atoms with Crippen LogP contribution in [0.3, 0.4) is 0 Å². The average Bonchev–Trinajstić information content (AvgIpc) is 3.02. The Hall–Kier alpha value is -1.97. The first-order chi connectivity index (χ1) is 9.28. The van der Waals surface area contributed by atoms with E-state index in [0.29, 0.717) is 0 Å². The minimum absolute atomic E-state index is 0.842. The van der Waals surface area contributed by atoms with Crippen LogP contribution < -0.4 is 10.6 Å². The van der Waals surface area contributed by atoms with Gasteiger partial charge in [0, 0.05) is 32.0 Å². The molecular weight excluding hydrogens is 236 g/mol. The molecule has 4 heteroatoms. The molecule has 1 aliphatic rings. The molecule has 1 aliphatic heterocycles. The van der Waals surface area contributed by atoms with Crippen LogP contribution in [0.4, 0.5) is 11.4 Å². The highest BCUT2D eigenvalue weighted by Crippen LogP contribution is 2.27. The molecule has 1 aromatic heterocycles. The van der Waals surface area contributed by atoms with E-state index >= 15 is 0 Å². The van der Waals surface area contributed by atoms with Gasteiger partial charge in [0.25, 0.3) is 0 Å². The number of aromatic nitrogens is 2. The van der Waals surface area contributed by atoms with E-state index in [1.807, 2.05) is 11.7 Å². The summed E-state index contributed by atoms with van der Waals surface area (Å²) in [4.78, 5) is 0. The largest absolute Gasteiger partial charge is 0.384 e. The lowest BCUT2D eigenvalue weighted by molar-refractivity contribution is 0.746. The predicted octanol–water partition coefficient (Wildman–Crippen LogP) is 2.56. The summed E-state index contributed by atoms with van der Waals surface area (Å²) in [7, 11) is 1.96. The normalized spacial score (nSPS) is 13.2. The van der Waals surface area contributed by atoms with Gasteiger partial charge in [-0.3, -0.25) is 4.68 Å². The first-order valence-corrected chi connectivity index (χ1v) is 6.89. The Morgan fingerprint density at radius 1 is 1.42 bits per heavy atom. The molecule has 2 aromatic rings. The number of nitrogens with zero attached hydrogens (tertiary/aromatic N) is 2. The van der Waals surface area contributed by atoms with Crippen LogP contribution >= 0.6 is 0 Å². The van der Waals surface area contributed by atoms with Crippen LogP contribution in [-0.4, -0.2) is 16.3 Å². The topological polar surface area (TPSA) is 41.9 Å². The van der Waals surface area contributed by atoms with Crippen molar-refractivity contribution in [2.45, 2.75) is 26.3 Å². The standard InChI is InChI=1S/C15H20N4/c1-3-13-14(10-19(2)18-13)17-9-12-6-4-5-11-7-8-16-15(11)12/h4-6,10,16-17H,3,7-9H2,1-2H3. The zero-order valence-corrected chi connectivity index (χ0v) is 11.5. The SMILES string of the molecule is CCc1nn(C)cc1NCc1cccc2c1NCC2. The molecule has 0 unspecified atom stereocenters. The van der Waals surface area contributed by atoms with Crippen LogP contribution in [0.25, 0.3) is 0 Å². The van der Waals surface area contributed by atoms with Gasteiger partial charge in [-0.1, -0.05) is 25.1 Å². The molecule has 0 saturated heterocycles. The van der Waals surface area contributed by atoms with Gasteiger partial charge in [-0.05, 0) is 24.0 Å². The summed E-state index contributed by atoms with van der Waals surface area (Å²) in [5.74, 6) is 0. The summed E-state index contributed by atoms with van der Waals surface area (Å²) in [6.45, 7) is 4.03. The molecule has 4 nitrogen and oxygen atoms in total. The molecule has 0 aliphatic carbocycles. The van der Waals surface area contributed by atoms with Gasteiger partial charge >= 0.3 is 0 Å². The monoisotopic (exact) mass is 256 g/mol. The van der Waals surface area contributed by atoms with Crippen LogP contribution in [0.1, 0.15) is 23.7 Å². The fraction of sp³-hybridized carbons (Fsp3) is 0.400. The summed E-state index contributed by atoms with van der Waals surface area (Å²) < 4.78 is 1.87. The molecule has 0 spiro atoms. The van der Waals surface area contributed by atoms with Crippen molar-refractivity contribution in [1.29, 1.82) is 0 Å². The summed E-state index contributed by atoms with van der Waals surface area (Å²) in [5, 5.41) is 11.4. The second-order valence-electron chi connectivity index (χ2n) is 5.00. The first-order valence-electron chi connectivity index (χ1n) is 6.89. The molecule has 0 fully saturated rings. The minimum atomic E-state index is 0.842. The molecule has 100 valence electrons. The smallest absolute Gasteiger partial charge is 0.0853 e. The van der Waals surface area contributed by atoms with Crippen molar-refractivity contribution >= 4 is 11.4 Å². The van der Waals surface area contributed by atoms with Crippen LogP contribution in [0.5, 0.6) is 0 Å². The maximum atomic E-state index is 4.45. The Morgan fingerprint density at radius 2 is 2.32 bits per heavy atom. The number of benzene rings is 1. The zero-order valence-electron chi connectivity index (χ0n) is 11.5. The van der Waals surface area contributed by atoms with Crippen molar-refractivity contribution in [2.75, 3.05) is 17.2 Å². The highest BCUT2D eigenvalue weighted by Gasteiger charge is 2.13. The quantitative estimate of drug-likeness (QED) is 0.883. The van der Waals surface area contributed by atoms with Crippen molar-refractivity contribution in [2.24, 2.45) is 7.05 Å². The lowest BCUT2D eigenvalue weighted by atomic mass is 10.1. The van der Waals surface area contributed by atoms with Gasteiger partial charge in [-0.25, -0.2) is 0 Å². The van der Waals surface area contributed by atoms with Gasteiger partial charge in [0.2, 0.25) is 0 Å². The van der Waals surface area contributed by atoms with Crippen LogP contribution in [0, 0.1) is 0 Å². The molecule has 3 rings (SSSR count). The molecule has 0 saturated carbocycles. The number of hydrogen-bond donors (Lipinski definition) is 2. The number of nitrogens with one attached hydrogen (secondary N) is 2. The second-order valence-corrected chi connectivity index (χ2v) is 5.00. The van der Waals surface area contributed by atoms with Gasteiger partial charge in [-0.15, -0.1) is 0 Å². The average molecular weight is 256 g/mol. The zero-order chi connectivity index (χ0) is 13.2. The first kappa shape index (κ1) is 12.1. The molecule has 0 bridgehead atoms. The Labute approximate surface area is 113 Å². The highest BCUT2D eigenvalue weighted by atomic mass is 15.3. The third-order valence-corrected chi connectivity index (χ3v) is 3.64. The molecule has 0 atom stereocenters. The lowest BCUT2D eigenvalue weighted by Gasteiger charge is -2.10. The van der Waals surface area contributed by atoms with Crippen molar-refractivity contribution < 1.29 is 0 Å². The Balaban J connectivity index is 1.78. The van der Waals surface area contributed by atoms with E-state index in [1.165, 1.54) is 16.8 Å². The maximum absolute atomic E-state index is 4.45. The Morgan fingerprint density at radius 3 is 3.16 bits per heavy atom. The van der Waals surface area contributed by atoms with Gasteiger partial charge in [0.05, 0.1) is 11.4 Å². The van der Waals surface area contributed by atoms with E-state index in [0.717, 1.165) is 37.3 Å². The molecule has 1 aromatic carbocycles. The fourth-order valence-corrected chi connectivity index (χ4v) is 2.69. The number of fused-ring (bicyclic) bond motifs is 1. The lowest BCUT2D eigenvalue weighted by Crippen LogP contribution is -2.03. The van der Waals surface area contributed by atoms with Gasteiger partial charge in [-0.2, -0.15) is 5.10 Å². The van der Waals surface area contributed by atoms with E-state index in [-0.39, 0.29) is 0 Å². The van der Waals surface area contributed by atoms with Crippen LogP contribution in [0.15, 0.2) is 24.4 Å². The van der Waals surface area contributed by atoms with Crippen molar-refractivity contribution in [1.82, 2.24) is 9.78 Å². The van der Waals surface area contributed by atoms with Crippen LogP contribution in [-0.2, 0) is 26.4 Å². The number of anilines is 2. The Bertz CT molecular complexity index is 586. The number of hydrogen-bond acceptors (Lipinski definition) is 3. The number of aryl methyl sites for hydroxylation is 2. The number of para-hydroxylation sites is 1. The van der Waals surface area contributed by atoms with Crippen molar-refractivity contribution in [3.05, 3.63) is 41.2 Å².